The summed E-state index contributed by atoms with van der Waals surface area (Å²) in [7, 11) is 1.90. The Kier molecular flexibility index (Phi) is 3.73. The van der Waals surface area contributed by atoms with Gasteiger partial charge in [-0.2, -0.15) is 5.10 Å². The van der Waals surface area contributed by atoms with E-state index in [0.29, 0.717) is 5.56 Å². The largest absolute Gasteiger partial charge is 0.350 e. The lowest BCUT2D eigenvalue weighted by Gasteiger charge is -2.02. The molecule has 1 aromatic carbocycles. The number of hydrazone groups is 1. The van der Waals surface area contributed by atoms with Crippen LogP contribution in [0.4, 0.5) is 0 Å². The first-order chi connectivity index (χ1) is 10.7. The average molecular weight is 295 g/mol. The first kappa shape index (κ1) is 13.7. The molecule has 0 spiro atoms. The van der Waals surface area contributed by atoms with Crippen LogP contribution in [0.15, 0.2) is 54.0 Å². The van der Waals surface area contributed by atoms with Crippen LogP contribution < -0.4 is 5.43 Å². The van der Waals surface area contributed by atoms with Crippen molar-refractivity contribution >= 4 is 12.1 Å². The number of amides is 1. The highest BCUT2D eigenvalue weighted by atomic mass is 16.2. The Hall–Kier alpha value is -3.29. The Morgan fingerprint density at radius 3 is 2.73 bits per heavy atom. The zero-order valence-electron chi connectivity index (χ0n) is 11.8. The van der Waals surface area contributed by atoms with Crippen LogP contribution in [0.3, 0.4) is 0 Å². The molecular weight excluding hydrogens is 282 g/mol. The fourth-order valence-corrected chi connectivity index (χ4v) is 1.88. The fraction of sp³-hybridized carbons (Fsp3) is 0.0714. The molecule has 8 heteroatoms. The lowest BCUT2D eigenvalue weighted by Crippen LogP contribution is -2.17. The van der Waals surface area contributed by atoms with E-state index >= 15 is 0 Å². The van der Waals surface area contributed by atoms with Crippen molar-refractivity contribution in [3.63, 3.8) is 0 Å². The molecule has 0 atom stereocenters. The zero-order valence-corrected chi connectivity index (χ0v) is 11.8. The lowest BCUT2D eigenvalue weighted by atomic mass is 10.2. The molecule has 3 rings (SSSR count). The number of benzene rings is 1. The minimum Gasteiger partial charge on any atom is -0.350 e. The standard InChI is InChI=1S/C14H13N7O/c1-20-8-2-3-13(20)9-15-17-14(22)11-4-6-12(7-5-11)21-10-16-18-19-21/h2-10H,1H3,(H,17,22)/b15-9+. The molecule has 1 N–H and O–H groups in total. The summed E-state index contributed by atoms with van der Waals surface area (Å²) in [5.41, 5.74) is 4.66. The van der Waals surface area contributed by atoms with Crippen LogP contribution >= 0.6 is 0 Å². The molecule has 0 saturated heterocycles. The molecule has 0 fully saturated rings. The summed E-state index contributed by atoms with van der Waals surface area (Å²) in [5.74, 6) is -0.284. The van der Waals surface area contributed by atoms with Crippen LogP contribution in [0.1, 0.15) is 16.1 Å². The van der Waals surface area contributed by atoms with Gasteiger partial charge in [0, 0.05) is 18.8 Å². The van der Waals surface area contributed by atoms with Crippen molar-refractivity contribution in [1.29, 1.82) is 0 Å². The Balaban J connectivity index is 1.65. The number of hydrogen-bond acceptors (Lipinski definition) is 5. The summed E-state index contributed by atoms with van der Waals surface area (Å²) >= 11 is 0. The van der Waals surface area contributed by atoms with Gasteiger partial charge in [-0.3, -0.25) is 4.79 Å². The van der Waals surface area contributed by atoms with E-state index in [-0.39, 0.29) is 5.91 Å². The highest BCUT2D eigenvalue weighted by Gasteiger charge is 2.05. The maximum atomic E-state index is 12.0. The SMILES string of the molecule is Cn1cccc1/C=N/NC(=O)c1ccc(-n2cnnn2)cc1. The van der Waals surface area contributed by atoms with E-state index < -0.39 is 0 Å². The molecule has 110 valence electrons. The molecule has 0 aliphatic carbocycles. The van der Waals surface area contributed by atoms with E-state index in [2.05, 4.69) is 26.1 Å². The topological polar surface area (TPSA) is 90.0 Å². The number of carbonyl (C=O) groups is 1. The van der Waals surface area contributed by atoms with Crippen LogP contribution in [-0.4, -0.2) is 36.9 Å². The van der Waals surface area contributed by atoms with Gasteiger partial charge >= 0.3 is 0 Å². The number of rotatable bonds is 4. The number of nitrogens with one attached hydrogen (secondary N) is 1. The van der Waals surface area contributed by atoms with Gasteiger partial charge in [0.25, 0.3) is 5.91 Å². The van der Waals surface area contributed by atoms with E-state index in [1.165, 1.54) is 11.0 Å². The summed E-state index contributed by atoms with van der Waals surface area (Å²) in [4.78, 5) is 12.0. The van der Waals surface area contributed by atoms with E-state index in [9.17, 15) is 4.79 Å². The molecule has 0 aliphatic rings. The van der Waals surface area contributed by atoms with Gasteiger partial charge in [-0.15, -0.1) is 5.10 Å². The van der Waals surface area contributed by atoms with Gasteiger partial charge in [-0.25, -0.2) is 10.1 Å². The first-order valence-electron chi connectivity index (χ1n) is 6.52. The molecule has 8 nitrogen and oxygen atoms in total. The maximum absolute atomic E-state index is 12.0. The Bertz CT molecular complexity index is 787. The Morgan fingerprint density at radius 1 is 1.27 bits per heavy atom. The molecule has 0 unspecified atom stereocenters. The molecule has 22 heavy (non-hydrogen) atoms. The van der Waals surface area contributed by atoms with Crippen LogP contribution in [0.25, 0.3) is 5.69 Å². The van der Waals surface area contributed by atoms with Gasteiger partial charge in [-0.05, 0) is 46.8 Å². The molecular formula is C14H13N7O. The molecule has 0 aliphatic heterocycles. The third kappa shape index (κ3) is 2.90. The smallest absolute Gasteiger partial charge is 0.271 e. The second-order valence-corrected chi connectivity index (χ2v) is 4.54. The first-order valence-corrected chi connectivity index (χ1v) is 6.52. The second-order valence-electron chi connectivity index (χ2n) is 4.54. The summed E-state index contributed by atoms with van der Waals surface area (Å²) in [6.45, 7) is 0. The van der Waals surface area contributed by atoms with Gasteiger partial charge in [0.05, 0.1) is 17.6 Å². The summed E-state index contributed by atoms with van der Waals surface area (Å²) in [6.07, 6.45) is 4.98. The van der Waals surface area contributed by atoms with Gasteiger partial charge < -0.3 is 4.57 Å². The van der Waals surface area contributed by atoms with Crippen molar-refractivity contribution in [2.24, 2.45) is 12.1 Å². The average Bonchev–Trinajstić information content (AvgIpc) is 3.20. The van der Waals surface area contributed by atoms with E-state index in [1.54, 1.807) is 30.5 Å². The second kappa shape index (κ2) is 6.00. The van der Waals surface area contributed by atoms with Crippen molar-refractivity contribution in [3.05, 3.63) is 60.2 Å². The minimum atomic E-state index is -0.284. The molecule has 3 aromatic rings. The van der Waals surface area contributed by atoms with Gasteiger partial charge in [-0.1, -0.05) is 0 Å². The minimum absolute atomic E-state index is 0.284. The van der Waals surface area contributed by atoms with Gasteiger partial charge in [0.15, 0.2) is 0 Å². The highest BCUT2D eigenvalue weighted by Crippen LogP contribution is 2.07. The van der Waals surface area contributed by atoms with Crippen molar-refractivity contribution in [1.82, 2.24) is 30.2 Å². The number of aryl methyl sites for hydroxylation is 1. The Morgan fingerprint density at radius 2 is 2.09 bits per heavy atom. The van der Waals surface area contributed by atoms with Crippen molar-refractivity contribution in [2.75, 3.05) is 0 Å². The van der Waals surface area contributed by atoms with E-state index in [4.69, 9.17) is 0 Å². The predicted molar refractivity (Wildman–Crippen MR) is 79.6 cm³/mol. The lowest BCUT2D eigenvalue weighted by molar-refractivity contribution is 0.0955. The molecule has 0 bridgehead atoms. The van der Waals surface area contributed by atoms with Crippen LogP contribution in [-0.2, 0) is 7.05 Å². The highest BCUT2D eigenvalue weighted by molar-refractivity contribution is 5.94. The number of hydrogen-bond donors (Lipinski definition) is 1. The molecule has 0 saturated carbocycles. The van der Waals surface area contributed by atoms with Gasteiger partial charge in [0.1, 0.15) is 6.33 Å². The summed E-state index contributed by atoms with van der Waals surface area (Å²) in [6, 6.07) is 10.7. The third-order valence-electron chi connectivity index (χ3n) is 3.09. The molecule has 2 aromatic heterocycles. The van der Waals surface area contributed by atoms with Crippen molar-refractivity contribution in [3.8, 4) is 5.69 Å². The number of carbonyl (C=O) groups excluding carboxylic acids is 1. The molecule has 1 amide bonds. The predicted octanol–water partition coefficient (Wildman–Crippen LogP) is 0.765. The molecule has 0 radical (unpaired) electrons. The molecule has 2 heterocycles. The number of tetrazole rings is 1. The van der Waals surface area contributed by atoms with E-state index in [0.717, 1.165) is 11.4 Å². The number of nitrogens with zero attached hydrogens (tertiary/aromatic N) is 6. The Labute approximate surface area is 126 Å². The summed E-state index contributed by atoms with van der Waals surface area (Å²) in [5, 5.41) is 14.8. The zero-order chi connectivity index (χ0) is 15.4. The van der Waals surface area contributed by atoms with Crippen LogP contribution in [0, 0.1) is 0 Å². The van der Waals surface area contributed by atoms with Crippen LogP contribution in [0.2, 0.25) is 0 Å². The van der Waals surface area contributed by atoms with Crippen molar-refractivity contribution in [2.45, 2.75) is 0 Å². The maximum Gasteiger partial charge on any atom is 0.271 e. The monoisotopic (exact) mass is 295 g/mol. The summed E-state index contributed by atoms with van der Waals surface area (Å²) < 4.78 is 3.41. The van der Waals surface area contributed by atoms with Gasteiger partial charge in [0.2, 0.25) is 0 Å². The fourth-order valence-electron chi connectivity index (χ4n) is 1.88. The van der Waals surface area contributed by atoms with E-state index in [1.807, 2.05) is 29.9 Å². The van der Waals surface area contributed by atoms with Crippen molar-refractivity contribution < 1.29 is 4.79 Å². The normalized spacial score (nSPS) is 11.0. The third-order valence-corrected chi connectivity index (χ3v) is 3.09. The quantitative estimate of drug-likeness (QED) is 0.568. The number of aromatic nitrogens is 5. The van der Waals surface area contributed by atoms with Crippen LogP contribution in [0.5, 0.6) is 0 Å².